The van der Waals surface area contributed by atoms with Crippen molar-refractivity contribution in [3.8, 4) is 5.75 Å². The van der Waals surface area contributed by atoms with Crippen molar-refractivity contribution < 1.29 is 23.0 Å². The number of hydrogen-bond acceptors (Lipinski definition) is 3. The van der Waals surface area contributed by atoms with Gasteiger partial charge in [-0.15, -0.1) is 0 Å². The van der Waals surface area contributed by atoms with Crippen LogP contribution in [0.3, 0.4) is 0 Å². The van der Waals surface area contributed by atoms with Gasteiger partial charge in [-0.3, -0.25) is 4.90 Å². The van der Waals surface area contributed by atoms with Crippen molar-refractivity contribution in [2.45, 2.75) is 71.1 Å². The van der Waals surface area contributed by atoms with E-state index in [0.29, 0.717) is 29.2 Å². The van der Waals surface area contributed by atoms with Crippen LogP contribution in [0.1, 0.15) is 56.7 Å². The molecule has 0 aliphatic carbocycles. The summed E-state index contributed by atoms with van der Waals surface area (Å²) < 4.78 is 42.4. The quantitative estimate of drug-likeness (QED) is 0.472. The highest BCUT2D eigenvalue weighted by Crippen LogP contribution is 2.40. The molecule has 1 aliphatic heterocycles. The summed E-state index contributed by atoms with van der Waals surface area (Å²) >= 11 is 6.20. The molecule has 2 aromatic carbocycles. The van der Waals surface area contributed by atoms with Gasteiger partial charge in [0.2, 0.25) is 0 Å². The Kier molecular flexibility index (Phi) is 7.33. The van der Waals surface area contributed by atoms with Crippen LogP contribution in [0.25, 0.3) is 0 Å². The molecule has 7 heteroatoms. The molecule has 0 saturated carbocycles. The van der Waals surface area contributed by atoms with E-state index in [-0.39, 0.29) is 25.1 Å². The first-order valence-electron chi connectivity index (χ1n) is 10.8. The molecule has 0 N–H and O–H groups in total. The van der Waals surface area contributed by atoms with Crippen molar-refractivity contribution >= 4 is 17.7 Å². The minimum Gasteiger partial charge on any atom is -0.487 e. The lowest BCUT2D eigenvalue weighted by atomic mass is 9.91. The van der Waals surface area contributed by atoms with Gasteiger partial charge in [0.25, 0.3) is 5.92 Å². The van der Waals surface area contributed by atoms with E-state index in [0.717, 1.165) is 5.56 Å². The lowest BCUT2D eigenvalue weighted by Gasteiger charge is -2.40. The molecular formula is C25H30ClF2NO3. The second-order valence-electron chi connectivity index (χ2n) is 9.23. The van der Waals surface area contributed by atoms with Gasteiger partial charge in [0.05, 0.1) is 5.02 Å². The maximum atomic E-state index is 15.6. The Morgan fingerprint density at radius 2 is 1.91 bits per heavy atom. The highest BCUT2D eigenvalue weighted by atomic mass is 35.5. The Hall–Kier alpha value is -2.34. The molecule has 1 fully saturated rings. The molecule has 1 atom stereocenters. The van der Waals surface area contributed by atoms with Gasteiger partial charge in [-0.05, 0) is 76.3 Å². The molecule has 0 spiro atoms. The maximum Gasteiger partial charge on any atom is 0.410 e. The van der Waals surface area contributed by atoms with Crippen molar-refractivity contribution in [2.75, 3.05) is 6.54 Å². The van der Waals surface area contributed by atoms with Crippen LogP contribution in [0.4, 0.5) is 13.6 Å². The standard InChI is InChI=1S/C25H30ClF2NO3/c1-17-11-12-21(20(26)14-17)31-16-18-8-7-9-19(15-18)25(27,28)22-10-5-6-13-29(22)23(30)32-24(2,3)4/h7-9,11-12,14-15,22H,5-6,10,13,16H2,1-4H3. The molecule has 1 saturated heterocycles. The van der Waals surface area contributed by atoms with Gasteiger partial charge in [0.15, 0.2) is 0 Å². The van der Waals surface area contributed by atoms with Gasteiger partial charge in [-0.1, -0.05) is 35.9 Å². The fraction of sp³-hybridized carbons (Fsp3) is 0.480. The lowest BCUT2D eigenvalue weighted by Crippen LogP contribution is -2.53. The lowest BCUT2D eigenvalue weighted by molar-refractivity contribution is -0.101. The number of carbonyl (C=O) groups is 1. The van der Waals surface area contributed by atoms with Crippen LogP contribution in [0, 0.1) is 6.92 Å². The Labute approximate surface area is 193 Å². The van der Waals surface area contributed by atoms with E-state index in [2.05, 4.69) is 0 Å². The summed E-state index contributed by atoms with van der Waals surface area (Å²) in [5.74, 6) is -2.73. The summed E-state index contributed by atoms with van der Waals surface area (Å²) in [4.78, 5) is 13.8. The molecule has 0 bridgehead atoms. The van der Waals surface area contributed by atoms with Crippen LogP contribution in [-0.2, 0) is 17.3 Å². The van der Waals surface area contributed by atoms with Gasteiger partial charge in [-0.25, -0.2) is 4.79 Å². The largest absolute Gasteiger partial charge is 0.487 e. The molecular weight excluding hydrogens is 436 g/mol. The number of alkyl halides is 2. The Balaban J connectivity index is 1.78. The third-order valence-electron chi connectivity index (χ3n) is 5.34. The smallest absolute Gasteiger partial charge is 0.410 e. The highest BCUT2D eigenvalue weighted by molar-refractivity contribution is 6.32. The van der Waals surface area contributed by atoms with Gasteiger partial charge in [0, 0.05) is 12.1 Å². The molecule has 32 heavy (non-hydrogen) atoms. The molecule has 174 valence electrons. The van der Waals surface area contributed by atoms with E-state index >= 15 is 8.78 Å². The van der Waals surface area contributed by atoms with Gasteiger partial charge >= 0.3 is 6.09 Å². The SMILES string of the molecule is Cc1ccc(OCc2cccc(C(F)(F)C3CCCCN3C(=O)OC(C)(C)C)c2)c(Cl)c1. The fourth-order valence-electron chi connectivity index (χ4n) is 3.79. The van der Waals surface area contributed by atoms with Crippen molar-refractivity contribution in [2.24, 2.45) is 0 Å². The summed E-state index contributed by atoms with van der Waals surface area (Å²) in [5, 5.41) is 0.474. The first-order chi connectivity index (χ1) is 15.0. The molecule has 0 radical (unpaired) electrons. The average molecular weight is 466 g/mol. The van der Waals surface area contributed by atoms with E-state index in [1.165, 1.54) is 17.0 Å². The van der Waals surface area contributed by atoms with E-state index < -0.39 is 23.7 Å². The summed E-state index contributed by atoms with van der Waals surface area (Å²) in [6.45, 7) is 7.47. The van der Waals surface area contributed by atoms with Gasteiger partial charge in [-0.2, -0.15) is 8.78 Å². The minimum atomic E-state index is -3.23. The van der Waals surface area contributed by atoms with Gasteiger partial charge in [0.1, 0.15) is 24.0 Å². The zero-order valence-electron chi connectivity index (χ0n) is 19.0. The van der Waals surface area contributed by atoms with E-state index in [9.17, 15) is 4.79 Å². The zero-order valence-corrected chi connectivity index (χ0v) is 19.7. The van der Waals surface area contributed by atoms with Crippen molar-refractivity contribution in [1.82, 2.24) is 4.90 Å². The molecule has 2 aromatic rings. The number of rotatable bonds is 5. The topological polar surface area (TPSA) is 38.8 Å². The van der Waals surface area contributed by atoms with E-state index in [1.807, 2.05) is 13.0 Å². The average Bonchev–Trinajstić information content (AvgIpc) is 2.72. The first kappa shape index (κ1) is 24.3. The molecule has 1 heterocycles. The molecule has 4 nitrogen and oxygen atoms in total. The Bertz CT molecular complexity index is 958. The monoisotopic (exact) mass is 465 g/mol. The summed E-state index contributed by atoms with van der Waals surface area (Å²) in [5.41, 5.74) is 0.710. The number of likely N-dealkylation sites (tertiary alicyclic amines) is 1. The second kappa shape index (κ2) is 9.65. The summed E-state index contributed by atoms with van der Waals surface area (Å²) in [6, 6.07) is 10.3. The van der Waals surface area contributed by atoms with Crippen molar-refractivity contribution in [3.05, 3.63) is 64.2 Å². The molecule has 0 aromatic heterocycles. The van der Waals surface area contributed by atoms with E-state index in [4.69, 9.17) is 21.1 Å². The number of hydrogen-bond donors (Lipinski definition) is 0. The number of benzene rings is 2. The Morgan fingerprint density at radius 1 is 1.16 bits per heavy atom. The normalized spacial score (nSPS) is 17.2. The first-order valence-corrected chi connectivity index (χ1v) is 11.2. The van der Waals surface area contributed by atoms with Crippen molar-refractivity contribution in [1.29, 1.82) is 0 Å². The molecule has 3 rings (SSSR count). The number of ether oxygens (including phenoxy) is 2. The molecule has 1 unspecified atom stereocenters. The second-order valence-corrected chi connectivity index (χ2v) is 9.64. The number of carbonyl (C=O) groups excluding carboxylic acids is 1. The number of amides is 1. The highest BCUT2D eigenvalue weighted by Gasteiger charge is 2.48. The van der Waals surface area contributed by atoms with Crippen LogP contribution in [0.15, 0.2) is 42.5 Å². The van der Waals surface area contributed by atoms with Crippen LogP contribution in [0.5, 0.6) is 5.75 Å². The van der Waals surface area contributed by atoms with Crippen LogP contribution in [0.2, 0.25) is 5.02 Å². The molecule has 1 amide bonds. The van der Waals surface area contributed by atoms with Crippen LogP contribution >= 0.6 is 11.6 Å². The predicted molar refractivity (Wildman–Crippen MR) is 121 cm³/mol. The van der Waals surface area contributed by atoms with Gasteiger partial charge < -0.3 is 9.47 Å². The number of piperidine rings is 1. The van der Waals surface area contributed by atoms with Crippen molar-refractivity contribution in [3.63, 3.8) is 0 Å². The third kappa shape index (κ3) is 5.91. The predicted octanol–water partition coefficient (Wildman–Crippen LogP) is 7.11. The number of nitrogens with zero attached hydrogens (tertiary/aromatic N) is 1. The van der Waals surface area contributed by atoms with Crippen LogP contribution < -0.4 is 4.74 Å². The Morgan fingerprint density at radius 3 is 2.59 bits per heavy atom. The van der Waals surface area contributed by atoms with Crippen LogP contribution in [-0.4, -0.2) is 29.2 Å². The number of halogens is 3. The minimum absolute atomic E-state index is 0.104. The summed E-state index contributed by atoms with van der Waals surface area (Å²) in [6.07, 6.45) is 0.826. The summed E-state index contributed by atoms with van der Waals surface area (Å²) in [7, 11) is 0. The maximum absolute atomic E-state index is 15.6. The molecule has 1 aliphatic rings. The third-order valence-corrected chi connectivity index (χ3v) is 5.64. The fourth-order valence-corrected chi connectivity index (χ4v) is 4.08. The zero-order chi connectivity index (χ0) is 23.5. The number of aryl methyl sites for hydroxylation is 1. The van der Waals surface area contributed by atoms with E-state index in [1.54, 1.807) is 45.0 Å².